The van der Waals surface area contributed by atoms with E-state index >= 15 is 0 Å². The Morgan fingerprint density at radius 1 is 1.20 bits per heavy atom. The molecule has 0 spiro atoms. The number of amides is 1. The van der Waals surface area contributed by atoms with Gasteiger partial charge >= 0.3 is 0 Å². The molecular formula is C16H22N2O2. The lowest BCUT2D eigenvalue weighted by Crippen LogP contribution is -2.27. The average molecular weight is 274 g/mol. The summed E-state index contributed by atoms with van der Waals surface area (Å²) in [4.78, 5) is 11.9. The van der Waals surface area contributed by atoms with Gasteiger partial charge in [-0.3, -0.25) is 4.79 Å². The van der Waals surface area contributed by atoms with E-state index in [0.717, 1.165) is 29.5 Å². The fraction of sp³-hybridized carbons (Fsp3) is 0.438. The van der Waals surface area contributed by atoms with Crippen LogP contribution in [0.25, 0.3) is 11.0 Å². The molecule has 0 aliphatic heterocycles. The van der Waals surface area contributed by atoms with Crippen LogP contribution < -0.4 is 10.6 Å². The van der Waals surface area contributed by atoms with Crippen LogP contribution in [0.15, 0.2) is 22.8 Å². The average Bonchev–Trinajstić information content (AvgIpc) is 2.78. The number of hydrogen-bond donors (Lipinski definition) is 2. The fourth-order valence-electron chi connectivity index (χ4n) is 2.20. The van der Waals surface area contributed by atoms with Crippen molar-refractivity contribution >= 4 is 16.9 Å². The van der Waals surface area contributed by atoms with E-state index in [0.29, 0.717) is 13.0 Å². The number of carbonyl (C=O) groups is 1. The SMILES string of the molecule is CNCCCNC(=O)Cc1coc2cc(C)c(C)cc12. The van der Waals surface area contributed by atoms with Crippen LogP contribution in [0.3, 0.4) is 0 Å². The van der Waals surface area contributed by atoms with Crippen LogP contribution in [0.5, 0.6) is 0 Å². The third-order valence-electron chi connectivity index (χ3n) is 3.55. The Morgan fingerprint density at radius 2 is 1.95 bits per heavy atom. The Bertz CT molecular complexity index is 602. The number of rotatable bonds is 6. The predicted octanol–water partition coefficient (Wildman–Crippen LogP) is 2.32. The first kappa shape index (κ1) is 14.6. The van der Waals surface area contributed by atoms with Crippen molar-refractivity contribution in [1.82, 2.24) is 10.6 Å². The molecule has 1 aromatic heterocycles. The van der Waals surface area contributed by atoms with Gasteiger partial charge in [0, 0.05) is 17.5 Å². The largest absolute Gasteiger partial charge is 0.464 e. The van der Waals surface area contributed by atoms with Gasteiger partial charge in [-0.15, -0.1) is 0 Å². The second kappa shape index (κ2) is 6.57. The highest BCUT2D eigenvalue weighted by Gasteiger charge is 2.11. The maximum Gasteiger partial charge on any atom is 0.224 e. The lowest BCUT2D eigenvalue weighted by molar-refractivity contribution is -0.120. The molecule has 0 fully saturated rings. The minimum atomic E-state index is 0.0435. The second-order valence-corrected chi connectivity index (χ2v) is 5.18. The summed E-state index contributed by atoms with van der Waals surface area (Å²) in [5.41, 5.74) is 4.23. The zero-order chi connectivity index (χ0) is 14.5. The lowest BCUT2D eigenvalue weighted by atomic mass is 10.0. The summed E-state index contributed by atoms with van der Waals surface area (Å²) in [6.45, 7) is 5.75. The monoisotopic (exact) mass is 274 g/mol. The van der Waals surface area contributed by atoms with Crippen LogP contribution in [0.4, 0.5) is 0 Å². The summed E-state index contributed by atoms with van der Waals surface area (Å²) in [5.74, 6) is 0.0435. The van der Waals surface area contributed by atoms with E-state index < -0.39 is 0 Å². The summed E-state index contributed by atoms with van der Waals surface area (Å²) >= 11 is 0. The first-order valence-electron chi connectivity index (χ1n) is 7.00. The molecule has 0 atom stereocenters. The Morgan fingerprint density at radius 3 is 2.70 bits per heavy atom. The van der Waals surface area contributed by atoms with Gasteiger partial charge in [0.05, 0.1) is 12.7 Å². The summed E-state index contributed by atoms with van der Waals surface area (Å²) < 4.78 is 5.54. The van der Waals surface area contributed by atoms with E-state index in [1.165, 1.54) is 11.1 Å². The van der Waals surface area contributed by atoms with Crippen molar-refractivity contribution in [3.8, 4) is 0 Å². The molecule has 1 heterocycles. The smallest absolute Gasteiger partial charge is 0.224 e. The van der Waals surface area contributed by atoms with Gasteiger partial charge in [0.25, 0.3) is 0 Å². The van der Waals surface area contributed by atoms with Crippen molar-refractivity contribution in [3.05, 3.63) is 35.1 Å². The van der Waals surface area contributed by atoms with Crippen LogP contribution in [0.2, 0.25) is 0 Å². The van der Waals surface area contributed by atoms with Crippen molar-refractivity contribution < 1.29 is 9.21 Å². The van der Waals surface area contributed by atoms with Crippen LogP contribution in [-0.2, 0) is 11.2 Å². The Labute approximate surface area is 119 Å². The summed E-state index contributed by atoms with van der Waals surface area (Å²) in [6.07, 6.45) is 3.00. The minimum absolute atomic E-state index is 0.0435. The van der Waals surface area contributed by atoms with Gasteiger partial charge in [0.2, 0.25) is 5.91 Å². The molecule has 0 saturated heterocycles. The van der Waals surface area contributed by atoms with Gasteiger partial charge in [-0.25, -0.2) is 0 Å². The lowest BCUT2D eigenvalue weighted by Gasteiger charge is -2.04. The van der Waals surface area contributed by atoms with Gasteiger partial charge in [-0.1, -0.05) is 0 Å². The Hall–Kier alpha value is -1.81. The maximum absolute atomic E-state index is 11.9. The van der Waals surface area contributed by atoms with Crippen LogP contribution in [0.1, 0.15) is 23.1 Å². The van der Waals surface area contributed by atoms with Crippen molar-refractivity contribution in [3.63, 3.8) is 0 Å². The van der Waals surface area contributed by atoms with E-state index in [1.807, 2.05) is 13.1 Å². The topological polar surface area (TPSA) is 54.3 Å². The molecule has 0 unspecified atom stereocenters. The van der Waals surface area contributed by atoms with Crippen molar-refractivity contribution in [2.24, 2.45) is 0 Å². The number of aryl methyl sites for hydroxylation is 2. The fourth-order valence-corrected chi connectivity index (χ4v) is 2.20. The molecule has 2 N–H and O–H groups in total. The van der Waals surface area contributed by atoms with Crippen LogP contribution >= 0.6 is 0 Å². The van der Waals surface area contributed by atoms with Crippen LogP contribution in [-0.4, -0.2) is 26.0 Å². The van der Waals surface area contributed by atoms with Gasteiger partial charge in [0.1, 0.15) is 5.58 Å². The Balaban J connectivity index is 2.02. The van der Waals surface area contributed by atoms with E-state index in [-0.39, 0.29) is 5.91 Å². The zero-order valence-electron chi connectivity index (χ0n) is 12.4. The second-order valence-electron chi connectivity index (χ2n) is 5.18. The number of furan rings is 1. The van der Waals surface area contributed by atoms with E-state index in [1.54, 1.807) is 6.26 Å². The van der Waals surface area contributed by atoms with Crippen molar-refractivity contribution in [1.29, 1.82) is 0 Å². The molecule has 108 valence electrons. The molecule has 0 saturated carbocycles. The minimum Gasteiger partial charge on any atom is -0.464 e. The third-order valence-corrected chi connectivity index (χ3v) is 3.55. The summed E-state index contributed by atoms with van der Waals surface area (Å²) in [7, 11) is 1.91. The van der Waals surface area contributed by atoms with E-state index in [9.17, 15) is 4.79 Å². The first-order valence-corrected chi connectivity index (χ1v) is 7.00. The van der Waals surface area contributed by atoms with Gasteiger partial charge < -0.3 is 15.1 Å². The van der Waals surface area contributed by atoms with Crippen molar-refractivity contribution in [2.45, 2.75) is 26.7 Å². The number of hydrogen-bond acceptors (Lipinski definition) is 3. The molecule has 0 bridgehead atoms. The molecular weight excluding hydrogens is 252 g/mol. The molecule has 2 rings (SSSR count). The summed E-state index contributed by atoms with van der Waals surface area (Å²) in [6, 6.07) is 4.12. The molecule has 20 heavy (non-hydrogen) atoms. The first-order chi connectivity index (χ1) is 9.61. The molecule has 0 aliphatic carbocycles. The van der Waals surface area contributed by atoms with Crippen molar-refractivity contribution in [2.75, 3.05) is 20.1 Å². The molecule has 4 heteroatoms. The maximum atomic E-state index is 11.9. The van der Waals surface area contributed by atoms with Crippen LogP contribution in [0, 0.1) is 13.8 Å². The molecule has 1 amide bonds. The number of benzene rings is 1. The number of fused-ring (bicyclic) bond motifs is 1. The highest BCUT2D eigenvalue weighted by atomic mass is 16.3. The number of nitrogens with one attached hydrogen (secondary N) is 2. The number of carbonyl (C=O) groups excluding carboxylic acids is 1. The highest BCUT2D eigenvalue weighted by Crippen LogP contribution is 2.25. The van der Waals surface area contributed by atoms with E-state index in [4.69, 9.17) is 4.42 Å². The third kappa shape index (κ3) is 3.39. The molecule has 1 aromatic carbocycles. The summed E-state index contributed by atoms with van der Waals surface area (Å²) in [5, 5.41) is 7.02. The zero-order valence-corrected chi connectivity index (χ0v) is 12.4. The van der Waals surface area contributed by atoms with Gasteiger partial charge in [-0.05, 0) is 57.1 Å². The highest BCUT2D eigenvalue weighted by molar-refractivity contribution is 5.88. The molecule has 0 aliphatic rings. The molecule has 2 aromatic rings. The van der Waals surface area contributed by atoms with Gasteiger partial charge in [0.15, 0.2) is 0 Å². The quantitative estimate of drug-likeness (QED) is 0.795. The standard InChI is InChI=1S/C16H22N2O2/c1-11-7-14-13(10-20-15(14)8-12(11)2)9-16(19)18-6-4-5-17-3/h7-8,10,17H,4-6,9H2,1-3H3,(H,18,19). The molecule has 0 radical (unpaired) electrons. The van der Waals surface area contributed by atoms with E-state index in [2.05, 4.69) is 30.5 Å². The molecule has 4 nitrogen and oxygen atoms in total. The normalized spacial score (nSPS) is 10.9. The van der Waals surface area contributed by atoms with Gasteiger partial charge in [-0.2, -0.15) is 0 Å². The predicted molar refractivity (Wildman–Crippen MR) is 80.9 cm³/mol. The Kier molecular flexibility index (Phi) is 4.79.